The summed E-state index contributed by atoms with van der Waals surface area (Å²) in [5.41, 5.74) is 14.3. The second-order valence-electron chi connectivity index (χ2n) is 13.3. The van der Waals surface area contributed by atoms with E-state index in [1.807, 2.05) is 12.2 Å². The van der Waals surface area contributed by atoms with Gasteiger partial charge in [-0.05, 0) is 35.4 Å². The molecule has 4 aromatic rings. The van der Waals surface area contributed by atoms with Crippen LogP contribution in [0.25, 0.3) is 11.1 Å². The Morgan fingerprint density at radius 1 is 0.705 bits per heavy atom. The predicted molar refractivity (Wildman–Crippen MR) is 193 cm³/mol. The molecule has 0 saturated heterocycles. The number of hydrogen-bond donors (Lipinski definition) is 0. The molecule has 0 spiro atoms. The molecule has 228 valence electrons. The Kier molecular flexibility index (Phi) is 14.0. The number of fused-ring (bicyclic) bond motifs is 3. The van der Waals surface area contributed by atoms with Crippen molar-refractivity contribution in [2.75, 3.05) is 0 Å². The minimum atomic E-state index is 0. The van der Waals surface area contributed by atoms with E-state index in [1.54, 1.807) is 0 Å². The Bertz CT molecular complexity index is 1480. The molecule has 0 heterocycles. The van der Waals surface area contributed by atoms with Crippen LogP contribution in [-0.4, -0.2) is 3.26 Å². The zero-order valence-electron chi connectivity index (χ0n) is 27.5. The first-order valence-electron chi connectivity index (χ1n) is 15.0. The normalized spacial score (nSPS) is 12.4. The Morgan fingerprint density at radius 3 is 1.66 bits per heavy atom. The topological polar surface area (TPSA) is 0 Å². The molecule has 0 N–H and O–H groups in total. The number of allylic oxidation sites excluding steroid dienone is 4. The van der Waals surface area contributed by atoms with Crippen LogP contribution in [0, 0.1) is 26.0 Å². The fourth-order valence-electron chi connectivity index (χ4n) is 5.74. The molecule has 0 atom stereocenters. The van der Waals surface area contributed by atoms with Gasteiger partial charge in [-0.3, -0.25) is 6.08 Å². The number of benzene rings is 4. The Hall–Kier alpha value is -2.32. The molecule has 0 nitrogen and oxygen atoms in total. The first kappa shape index (κ1) is 37.9. The Morgan fingerprint density at radius 2 is 1.23 bits per heavy atom. The summed E-state index contributed by atoms with van der Waals surface area (Å²) in [6.07, 6.45) is 11.0. The van der Waals surface area contributed by atoms with E-state index >= 15 is 0 Å². The molecule has 0 unspecified atom stereocenters. The van der Waals surface area contributed by atoms with Gasteiger partial charge in [-0.2, -0.15) is 23.8 Å². The molecule has 0 saturated carbocycles. The molecule has 44 heavy (non-hydrogen) atoms. The molecule has 0 fully saturated rings. The fourth-order valence-corrected chi connectivity index (χ4v) is 6.94. The van der Waals surface area contributed by atoms with Crippen molar-refractivity contribution in [3.05, 3.63) is 154 Å². The standard InChI is InChI=1S/C23H29.C13H10.C5H5.2ClH.Hf/c1-14-9-16-11-17-10-15(2)21(23(6,7)8)13-19(17)18(16)12-20(14)22(3,4)5;1-3-7-12(8-4-1)11-13-9-5-2-6-10-13;1-2-4-5-3-1;;;/h9,12-13H,11H2,1-8H3;1-10H;1-3H,4H2;2*1H;/q-1;;-1;;;+2. The average molecular weight is 788 g/mol. The third kappa shape index (κ3) is 9.59. The van der Waals surface area contributed by atoms with E-state index in [-0.39, 0.29) is 35.6 Å². The van der Waals surface area contributed by atoms with Gasteiger partial charge < -0.3 is 0 Å². The van der Waals surface area contributed by atoms with E-state index < -0.39 is 0 Å². The SMILES string of the molecule is Cc1[c-]c2c(cc1C(C)(C)C)-c1cc(C(C)(C)C)c(C)cc1C2.Cl.Cl.[C-]1=CC=CC1.[Hf+2]=[C](c1ccccc1)c1ccccc1. The molecule has 4 aromatic carbocycles. The molecular formula is C41H46Cl2Hf. The maximum atomic E-state index is 3.69. The van der Waals surface area contributed by atoms with Crippen molar-refractivity contribution in [3.8, 4) is 11.1 Å². The minimum absolute atomic E-state index is 0. The van der Waals surface area contributed by atoms with Crippen molar-refractivity contribution in [1.29, 1.82) is 0 Å². The van der Waals surface area contributed by atoms with Crippen LogP contribution in [0.15, 0.2) is 97.1 Å². The Balaban J connectivity index is 0.000000273. The fraction of sp³-hybridized carbons (Fsp3) is 0.293. The van der Waals surface area contributed by atoms with E-state index in [1.165, 1.54) is 58.9 Å². The van der Waals surface area contributed by atoms with Crippen molar-refractivity contribution in [2.24, 2.45) is 0 Å². The van der Waals surface area contributed by atoms with E-state index in [4.69, 9.17) is 0 Å². The number of hydrogen-bond acceptors (Lipinski definition) is 0. The van der Waals surface area contributed by atoms with Gasteiger partial charge in [0, 0.05) is 0 Å². The Labute approximate surface area is 294 Å². The van der Waals surface area contributed by atoms with Crippen LogP contribution in [0.2, 0.25) is 0 Å². The summed E-state index contributed by atoms with van der Waals surface area (Å²) < 4.78 is 1.46. The summed E-state index contributed by atoms with van der Waals surface area (Å²) in [6.45, 7) is 18.2. The van der Waals surface area contributed by atoms with E-state index in [0.717, 1.165) is 36.7 Å². The molecule has 0 bridgehead atoms. The number of aryl methyl sites for hydroxylation is 2. The molecule has 0 aliphatic heterocycles. The maximum absolute atomic E-state index is 3.69. The third-order valence-electron chi connectivity index (χ3n) is 7.79. The van der Waals surface area contributed by atoms with Gasteiger partial charge in [0.1, 0.15) is 0 Å². The molecule has 0 radical (unpaired) electrons. The van der Waals surface area contributed by atoms with E-state index in [2.05, 4.69) is 152 Å². The van der Waals surface area contributed by atoms with Crippen molar-refractivity contribution >= 4 is 28.1 Å². The molecule has 0 amide bonds. The number of halogens is 2. The third-order valence-corrected chi connectivity index (χ3v) is 9.86. The number of rotatable bonds is 2. The van der Waals surface area contributed by atoms with Crippen molar-refractivity contribution in [2.45, 2.75) is 79.1 Å². The molecule has 2 aliphatic carbocycles. The van der Waals surface area contributed by atoms with Gasteiger partial charge in [-0.15, -0.1) is 47.9 Å². The van der Waals surface area contributed by atoms with Gasteiger partial charge in [0.2, 0.25) is 0 Å². The van der Waals surface area contributed by atoms with Gasteiger partial charge in [-0.25, -0.2) is 12.2 Å². The summed E-state index contributed by atoms with van der Waals surface area (Å²) in [6, 6.07) is 32.1. The first-order chi connectivity index (χ1) is 19.9. The van der Waals surface area contributed by atoms with Gasteiger partial charge in [-0.1, -0.05) is 71.6 Å². The van der Waals surface area contributed by atoms with Crippen molar-refractivity contribution in [1.82, 2.24) is 0 Å². The zero-order valence-corrected chi connectivity index (χ0v) is 32.7. The van der Waals surface area contributed by atoms with E-state index in [9.17, 15) is 0 Å². The van der Waals surface area contributed by atoms with Gasteiger partial charge >= 0.3 is 98.9 Å². The molecular weight excluding hydrogens is 742 g/mol. The molecule has 2 aliphatic rings. The van der Waals surface area contributed by atoms with Crippen LogP contribution < -0.4 is 0 Å². The zero-order chi connectivity index (χ0) is 30.5. The summed E-state index contributed by atoms with van der Waals surface area (Å²) in [4.78, 5) is 0. The first-order valence-corrected chi connectivity index (χ1v) is 16.8. The van der Waals surface area contributed by atoms with Crippen LogP contribution in [0.4, 0.5) is 0 Å². The van der Waals surface area contributed by atoms with Crippen LogP contribution in [-0.2, 0) is 41.1 Å². The van der Waals surface area contributed by atoms with Crippen molar-refractivity contribution in [3.63, 3.8) is 0 Å². The van der Waals surface area contributed by atoms with Gasteiger partial charge in [0.25, 0.3) is 0 Å². The summed E-state index contributed by atoms with van der Waals surface area (Å²) in [7, 11) is 0. The summed E-state index contributed by atoms with van der Waals surface area (Å²) in [5.74, 6) is 0. The monoisotopic (exact) mass is 788 g/mol. The summed E-state index contributed by atoms with van der Waals surface area (Å²) in [5, 5.41) is 0. The van der Waals surface area contributed by atoms with E-state index in [0.29, 0.717) is 0 Å². The van der Waals surface area contributed by atoms with Crippen LogP contribution in [0.3, 0.4) is 0 Å². The molecule has 0 aromatic heterocycles. The second kappa shape index (κ2) is 16.3. The second-order valence-corrected chi connectivity index (χ2v) is 15.1. The predicted octanol–water partition coefficient (Wildman–Crippen LogP) is 11.2. The van der Waals surface area contributed by atoms with Gasteiger partial charge in [0.15, 0.2) is 0 Å². The van der Waals surface area contributed by atoms with Gasteiger partial charge in [0.05, 0.1) is 0 Å². The van der Waals surface area contributed by atoms with Crippen molar-refractivity contribution < 1.29 is 23.9 Å². The molecule has 3 heteroatoms. The summed E-state index contributed by atoms with van der Waals surface area (Å²) >= 11 is 1.08. The van der Waals surface area contributed by atoms with Crippen LogP contribution in [0.1, 0.15) is 92.5 Å². The van der Waals surface area contributed by atoms with Crippen LogP contribution >= 0.6 is 24.8 Å². The molecule has 6 rings (SSSR count). The average Bonchev–Trinajstić information content (AvgIpc) is 3.63. The van der Waals surface area contributed by atoms with Crippen LogP contribution in [0.5, 0.6) is 0 Å². The quantitative estimate of drug-likeness (QED) is 0.123.